The van der Waals surface area contributed by atoms with Gasteiger partial charge in [0.05, 0.1) is 0 Å². The van der Waals surface area contributed by atoms with E-state index in [4.69, 9.17) is 5.11 Å². The largest absolute Gasteiger partial charge is 0.475 e. The van der Waals surface area contributed by atoms with Crippen LogP contribution in [0.2, 0.25) is 0 Å². The van der Waals surface area contributed by atoms with Crippen LogP contribution in [0.1, 0.15) is 22.5 Å². The van der Waals surface area contributed by atoms with Crippen LogP contribution in [0.4, 0.5) is 8.78 Å². The fraction of sp³-hybridized carbons (Fsp3) is 0.0909. The van der Waals surface area contributed by atoms with Gasteiger partial charge in [0, 0.05) is 21.7 Å². The fourth-order valence-electron chi connectivity index (χ4n) is 1.38. The van der Waals surface area contributed by atoms with Gasteiger partial charge in [0.1, 0.15) is 5.69 Å². The van der Waals surface area contributed by atoms with Crippen molar-refractivity contribution in [1.82, 2.24) is 5.16 Å². The summed E-state index contributed by atoms with van der Waals surface area (Å²) >= 11 is 3.03. The van der Waals surface area contributed by atoms with E-state index in [0.717, 1.165) is 0 Å². The summed E-state index contributed by atoms with van der Waals surface area (Å²) in [5.41, 5.74) is 0.622. The van der Waals surface area contributed by atoms with Crippen molar-refractivity contribution in [2.75, 3.05) is 0 Å². The standard InChI is InChI=1S/C11H6BrF2NO3/c12-7-3-5(1-2-6(7)10(13)14)8-4-9(11(16)17)18-15-8/h1-4,10H,(H,16,17). The van der Waals surface area contributed by atoms with E-state index in [1.807, 2.05) is 0 Å². The minimum atomic E-state index is -2.58. The zero-order valence-electron chi connectivity index (χ0n) is 8.73. The van der Waals surface area contributed by atoms with E-state index < -0.39 is 12.4 Å². The smallest absolute Gasteiger partial charge is 0.374 e. The van der Waals surface area contributed by atoms with E-state index in [9.17, 15) is 13.6 Å². The molecule has 0 amide bonds. The number of hydrogen-bond acceptors (Lipinski definition) is 3. The summed E-state index contributed by atoms with van der Waals surface area (Å²) < 4.78 is 29.9. The SMILES string of the molecule is O=C(O)c1cc(-c2ccc(C(F)F)c(Br)c2)no1. The molecular formula is C11H6BrF2NO3. The van der Waals surface area contributed by atoms with Crippen molar-refractivity contribution in [3.8, 4) is 11.3 Å². The molecule has 0 saturated carbocycles. The third-order valence-corrected chi connectivity index (χ3v) is 2.94. The predicted octanol–water partition coefficient (Wildman–Crippen LogP) is 3.74. The third-order valence-electron chi connectivity index (χ3n) is 2.25. The lowest BCUT2D eigenvalue weighted by Crippen LogP contribution is -1.91. The normalized spacial score (nSPS) is 10.9. The van der Waals surface area contributed by atoms with Gasteiger partial charge in [0.25, 0.3) is 6.43 Å². The van der Waals surface area contributed by atoms with E-state index >= 15 is 0 Å². The lowest BCUT2D eigenvalue weighted by molar-refractivity contribution is 0.0652. The van der Waals surface area contributed by atoms with Gasteiger partial charge < -0.3 is 9.63 Å². The number of halogens is 3. The molecule has 1 heterocycles. The van der Waals surface area contributed by atoms with Crippen LogP contribution in [0.3, 0.4) is 0 Å². The zero-order chi connectivity index (χ0) is 13.3. The van der Waals surface area contributed by atoms with Crippen LogP contribution in [0.25, 0.3) is 11.3 Å². The van der Waals surface area contributed by atoms with Crippen LogP contribution >= 0.6 is 15.9 Å². The Balaban J connectivity index is 2.39. The number of aromatic carboxylic acids is 1. The Kier molecular flexibility index (Phi) is 3.42. The van der Waals surface area contributed by atoms with E-state index in [1.165, 1.54) is 24.3 Å². The van der Waals surface area contributed by atoms with Crippen LogP contribution in [-0.2, 0) is 0 Å². The molecule has 1 N–H and O–H groups in total. The molecule has 0 unspecified atom stereocenters. The van der Waals surface area contributed by atoms with Crippen LogP contribution in [0.15, 0.2) is 33.3 Å². The number of carboxylic acid groups (broad SMARTS) is 1. The third kappa shape index (κ3) is 2.40. The Labute approximate surface area is 108 Å². The van der Waals surface area contributed by atoms with Gasteiger partial charge in [0.15, 0.2) is 0 Å². The number of hydrogen-bond donors (Lipinski definition) is 1. The second-order valence-corrected chi connectivity index (χ2v) is 4.27. The van der Waals surface area contributed by atoms with E-state index in [1.54, 1.807) is 0 Å². The molecule has 0 spiro atoms. The first kappa shape index (κ1) is 12.7. The molecule has 0 radical (unpaired) electrons. The Bertz CT molecular complexity index is 598. The lowest BCUT2D eigenvalue weighted by Gasteiger charge is -2.04. The Morgan fingerprint density at radius 3 is 2.61 bits per heavy atom. The van der Waals surface area contributed by atoms with Gasteiger partial charge in [0.2, 0.25) is 5.76 Å². The first-order valence-corrected chi connectivity index (χ1v) is 5.56. The lowest BCUT2D eigenvalue weighted by atomic mass is 10.1. The monoisotopic (exact) mass is 317 g/mol. The van der Waals surface area contributed by atoms with Crippen LogP contribution in [0, 0.1) is 0 Å². The molecule has 0 atom stereocenters. The quantitative estimate of drug-likeness (QED) is 0.936. The summed E-state index contributed by atoms with van der Waals surface area (Å²) in [5, 5.41) is 12.2. The van der Waals surface area contributed by atoms with E-state index in [0.29, 0.717) is 5.56 Å². The van der Waals surface area contributed by atoms with Crippen molar-refractivity contribution >= 4 is 21.9 Å². The number of nitrogens with zero attached hydrogens (tertiary/aromatic N) is 1. The number of carboxylic acids is 1. The van der Waals surface area contributed by atoms with Gasteiger partial charge in [-0.05, 0) is 6.07 Å². The minimum absolute atomic E-state index is 0.138. The van der Waals surface area contributed by atoms with Gasteiger partial charge in [-0.15, -0.1) is 0 Å². The maximum atomic E-state index is 12.5. The Hall–Kier alpha value is -1.76. The number of alkyl halides is 2. The highest BCUT2D eigenvalue weighted by Crippen LogP contribution is 2.31. The van der Waals surface area contributed by atoms with Gasteiger partial charge in [-0.1, -0.05) is 33.2 Å². The molecule has 2 aromatic rings. The topological polar surface area (TPSA) is 63.3 Å². The Morgan fingerprint density at radius 2 is 2.11 bits per heavy atom. The number of benzene rings is 1. The van der Waals surface area contributed by atoms with Gasteiger partial charge in [-0.2, -0.15) is 0 Å². The Morgan fingerprint density at radius 1 is 1.39 bits per heavy atom. The molecule has 0 aliphatic carbocycles. The average molecular weight is 318 g/mol. The molecular weight excluding hydrogens is 312 g/mol. The highest BCUT2D eigenvalue weighted by molar-refractivity contribution is 9.10. The van der Waals surface area contributed by atoms with Crippen LogP contribution < -0.4 is 0 Å². The summed E-state index contributed by atoms with van der Waals surface area (Å²) in [6.07, 6.45) is -2.58. The molecule has 18 heavy (non-hydrogen) atoms. The summed E-state index contributed by atoms with van der Waals surface area (Å²) in [6, 6.07) is 5.34. The second kappa shape index (κ2) is 4.85. The van der Waals surface area contributed by atoms with Crippen LogP contribution in [0.5, 0.6) is 0 Å². The van der Waals surface area contributed by atoms with Crippen molar-refractivity contribution in [2.24, 2.45) is 0 Å². The molecule has 0 saturated heterocycles. The number of aromatic nitrogens is 1. The summed E-state index contributed by atoms with van der Waals surface area (Å²) in [4.78, 5) is 10.6. The first-order chi connectivity index (χ1) is 8.49. The summed E-state index contributed by atoms with van der Waals surface area (Å²) in [7, 11) is 0. The van der Waals surface area contributed by atoms with Crippen molar-refractivity contribution in [3.63, 3.8) is 0 Å². The van der Waals surface area contributed by atoms with Gasteiger partial charge in [-0.25, -0.2) is 13.6 Å². The van der Waals surface area contributed by atoms with Crippen molar-refractivity contribution < 1.29 is 23.2 Å². The summed E-state index contributed by atoms with van der Waals surface area (Å²) in [5.74, 6) is -1.55. The predicted molar refractivity (Wildman–Crippen MR) is 61.6 cm³/mol. The van der Waals surface area contributed by atoms with Crippen molar-refractivity contribution in [3.05, 3.63) is 40.1 Å². The average Bonchev–Trinajstić information content (AvgIpc) is 2.77. The van der Waals surface area contributed by atoms with Crippen molar-refractivity contribution in [2.45, 2.75) is 6.43 Å². The highest BCUT2D eigenvalue weighted by Gasteiger charge is 2.15. The summed E-state index contributed by atoms with van der Waals surface area (Å²) in [6.45, 7) is 0. The molecule has 7 heteroatoms. The minimum Gasteiger partial charge on any atom is -0.475 e. The molecule has 0 aliphatic rings. The van der Waals surface area contributed by atoms with E-state index in [-0.39, 0.29) is 21.5 Å². The molecule has 1 aromatic carbocycles. The van der Waals surface area contributed by atoms with E-state index in [2.05, 4.69) is 25.6 Å². The zero-order valence-corrected chi connectivity index (χ0v) is 10.3. The second-order valence-electron chi connectivity index (χ2n) is 3.42. The van der Waals surface area contributed by atoms with Gasteiger partial charge in [-0.3, -0.25) is 0 Å². The highest BCUT2D eigenvalue weighted by atomic mass is 79.9. The van der Waals surface area contributed by atoms with Gasteiger partial charge >= 0.3 is 5.97 Å². The van der Waals surface area contributed by atoms with Crippen LogP contribution in [-0.4, -0.2) is 16.2 Å². The maximum Gasteiger partial charge on any atom is 0.374 e. The molecule has 4 nitrogen and oxygen atoms in total. The molecule has 0 fully saturated rings. The molecule has 1 aromatic heterocycles. The number of rotatable bonds is 3. The maximum absolute atomic E-state index is 12.5. The molecule has 0 bridgehead atoms. The number of carbonyl (C=O) groups is 1. The molecule has 94 valence electrons. The first-order valence-electron chi connectivity index (χ1n) is 4.77. The molecule has 0 aliphatic heterocycles. The van der Waals surface area contributed by atoms with Crippen molar-refractivity contribution in [1.29, 1.82) is 0 Å². The molecule has 2 rings (SSSR count). The fourth-order valence-corrected chi connectivity index (χ4v) is 1.93.